The number of phenolic OH excluding ortho intramolecular Hbond substituents is 3. The third-order valence-corrected chi connectivity index (χ3v) is 8.53. The molecule has 198 valence electrons. The normalized spacial score (nSPS) is 29.7. The van der Waals surface area contributed by atoms with Crippen LogP contribution in [0.3, 0.4) is 0 Å². The topological polar surface area (TPSA) is 166 Å². The first-order valence-electron chi connectivity index (χ1n) is 12.3. The van der Waals surface area contributed by atoms with Gasteiger partial charge in [-0.2, -0.15) is 0 Å². The first-order valence-corrected chi connectivity index (χ1v) is 12.3. The highest BCUT2D eigenvalue weighted by Gasteiger charge is 2.85. The van der Waals surface area contributed by atoms with Gasteiger partial charge < -0.3 is 35.2 Å². The van der Waals surface area contributed by atoms with Gasteiger partial charge in [-0.3, -0.25) is 9.59 Å². The Kier molecular flexibility index (Phi) is 4.46. The molecule has 3 aliphatic carbocycles. The fourth-order valence-corrected chi connectivity index (χ4v) is 6.93. The van der Waals surface area contributed by atoms with Crippen molar-refractivity contribution in [1.82, 2.24) is 0 Å². The third kappa shape index (κ3) is 2.48. The van der Waals surface area contributed by atoms with Crippen molar-refractivity contribution in [3.63, 3.8) is 0 Å². The van der Waals surface area contributed by atoms with Crippen LogP contribution in [-0.4, -0.2) is 56.7 Å². The second-order valence-electron chi connectivity index (χ2n) is 10.1. The summed E-state index contributed by atoms with van der Waals surface area (Å²) in [6.45, 7) is 1.68. The Bertz CT molecular complexity index is 1850. The van der Waals surface area contributed by atoms with E-state index >= 15 is 0 Å². The fourth-order valence-electron chi connectivity index (χ4n) is 6.93. The SMILES string of the molecule is COC1=C(C(=O)O)[C@@H](C)[C@@]23O[C@]24c2cc(O)c5c(c2N[C@H]3C#CC=CC#C[C@H]14)C(=O)c1c(O)ccc(O)c1C5=O. The number of hydrogen-bond acceptors (Lipinski definition) is 9. The smallest absolute Gasteiger partial charge is 0.335 e. The average Bonchev–Trinajstić information content (AvgIpc) is 3.64. The third-order valence-electron chi connectivity index (χ3n) is 8.53. The number of hydrogen-bond donors (Lipinski definition) is 5. The van der Waals surface area contributed by atoms with Gasteiger partial charge in [0.1, 0.15) is 46.2 Å². The van der Waals surface area contributed by atoms with Crippen molar-refractivity contribution in [2.75, 3.05) is 12.4 Å². The molecule has 2 aromatic carbocycles. The van der Waals surface area contributed by atoms with Crippen LogP contribution in [0, 0.1) is 35.5 Å². The maximum atomic E-state index is 13.9. The molecule has 0 aromatic heterocycles. The zero-order valence-corrected chi connectivity index (χ0v) is 20.9. The zero-order chi connectivity index (χ0) is 28.3. The number of carbonyl (C=O) groups is 3. The number of benzene rings is 2. The zero-order valence-electron chi connectivity index (χ0n) is 20.9. The molecule has 5 aliphatic rings. The number of epoxide rings is 1. The maximum Gasteiger partial charge on any atom is 0.335 e. The summed E-state index contributed by atoms with van der Waals surface area (Å²) < 4.78 is 12.2. The molecule has 2 aromatic rings. The number of phenols is 3. The molecule has 10 nitrogen and oxygen atoms in total. The van der Waals surface area contributed by atoms with Crippen LogP contribution in [0.5, 0.6) is 17.2 Å². The van der Waals surface area contributed by atoms with Crippen molar-refractivity contribution in [2.24, 2.45) is 11.8 Å². The number of ether oxygens (including phenoxy) is 2. The Morgan fingerprint density at radius 1 is 0.975 bits per heavy atom. The van der Waals surface area contributed by atoms with Gasteiger partial charge in [0.2, 0.25) is 11.6 Å². The van der Waals surface area contributed by atoms with E-state index in [-0.39, 0.29) is 33.7 Å². The van der Waals surface area contributed by atoms with Gasteiger partial charge in [-0.25, -0.2) is 4.79 Å². The molecule has 5 N–H and O–H groups in total. The van der Waals surface area contributed by atoms with Crippen LogP contribution in [0.1, 0.15) is 44.3 Å². The van der Waals surface area contributed by atoms with Crippen LogP contribution >= 0.6 is 0 Å². The van der Waals surface area contributed by atoms with E-state index in [0.717, 1.165) is 12.1 Å². The van der Waals surface area contributed by atoms with Crippen LogP contribution in [0.4, 0.5) is 5.69 Å². The number of anilines is 1. The molecule has 2 heterocycles. The number of allylic oxidation sites excluding steroid dienone is 2. The molecular weight excluding hydrogens is 518 g/mol. The van der Waals surface area contributed by atoms with E-state index < -0.39 is 75.0 Å². The second kappa shape index (κ2) is 7.47. The number of methoxy groups -OCH3 is 1. The molecule has 5 atom stereocenters. The molecular formula is C30H19NO9. The number of nitrogens with one attached hydrogen (secondary N) is 1. The predicted octanol–water partition coefficient (Wildman–Crippen LogP) is 2.16. The van der Waals surface area contributed by atoms with Crippen LogP contribution in [-0.2, 0) is 19.9 Å². The van der Waals surface area contributed by atoms with Gasteiger partial charge in [-0.05, 0) is 30.4 Å². The van der Waals surface area contributed by atoms with E-state index in [1.165, 1.54) is 25.3 Å². The quantitative estimate of drug-likeness (QED) is 0.186. The highest BCUT2D eigenvalue weighted by Crippen LogP contribution is 2.74. The minimum Gasteiger partial charge on any atom is -0.507 e. The number of rotatable bonds is 2. The summed E-state index contributed by atoms with van der Waals surface area (Å²) in [5, 5.41) is 45.5. The minimum atomic E-state index is -1.41. The van der Waals surface area contributed by atoms with E-state index in [0.29, 0.717) is 0 Å². The Morgan fingerprint density at radius 3 is 2.20 bits per heavy atom. The lowest BCUT2D eigenvalue weighted by molar-refractivity contribution is -0.134. The number of ketones is 2. The number of aromatic hydroxyl groups is 3. The van der Waals surface area contributed by atoms with E-state index in [1.807, 2.05) is 0 Å². The Balaban J connectivity index is 1.59. The Labute approximate surface area is 226 Å². The van der Waals surface area contributed by atoms with Crippen molar-refractivity contribution < 1.29 is 44.3 Å². The van der Waals surface area contributed by atoms with Crippen LogP contribution in [0.15, 0.2) is 41.7 Å². The van der Waals surface area contributed by atoms with Gasteiger partial charge in [0.15, 0.2) is 0 Å². The summed E-state index contributed by atoms with van der Waals surface area (Å²) in [6, 6.07) is 2.60. The standard InChI is InChI=1S/C30H19NO9/c1-12-19(28(37)38)27(39-2)13-7-5-3-4-6-8-18-29(12)30(13,40-29)14-11-17(34)22-23(24(14)31-18)26(36)21-16(33)10-9-15(32)20(21)25(22)35/h3-4,9-13,18,31-34H,1-2H3,(H,37,38)/t12-,13-,18+,29+,30-/m1/s1. The van der Waals surface area contributed by atoms with Gasteiger partial charge in [-0.15, -0.1) is 0 Å². The number of fused-ring (bicyclic) bond motifs is 4. The molecule has 0 amide bonds. The molecule has 4 bridgehead atoms. The molecule has 0 spiro atoms. The van der Waals surface area contributed by atoms with Crippen molar-refractivity contribution in [3.05, 3.63) is 69.5 Å². The summed E-state index contributed by atoms with van der Waals surface area (Å²) in [5.74, 6) is 5.71. The molecule has 1 fully saturated rings. The first kappa shape index (κ1) is 23.9. The average molecular weight is 537 g/mol. The lowest BCUT2D eigenvalue weighted by Gasteiger charge is -2.43. The largest absolute Gasteiger partial charge is 0.507 e. The van der Waals surface area contributed by atoms with Gasteiger partial charge in [0.25, 0.3) is 0 Å². The van der Waals surface area contributed by atoms with Gasteiger partial charge >= 0.3 is 5.97 Å². The lowest BCUT2D eigenvalue weighted by Crippen LogP contribution is -2.55. The summed E-state index contributed by atoms with van der Waals surface area (Å²) in [5.41, 5.74) is -3.72. The summed E-state index contributed by atoms with van der Waals surface area (Å²) in [6.07, 6.45) is 3.04. The van der Waals surface area contributed by atoms with Crippen molar-refractivity contribution >= 4 is 23.2 Å². The lowest BCUT2D eigenvalue weighted by atomic mass is 9.59. The van der Waals surface area contributed by atoms with Crippen molar-refractivity contribution in [3.8, 4) is 40.9 Å². The van der Waals surface area contributed by atoms with Crippen LogP contribution in [0.25, 0.3) is 0 Å². The Hall–Kier alpha value is -5.19. The van der Waals surface area contributed by atoms with E-state index in [2.05, 4.69) is 29.0 Å². The fraction of sp³-hybridized carbons (Fsp3) is 0.233. The Morgan fingerprint density at radius 2 is 1.57 bits per heavy atom. The van der Waals surface area contributed by atoms with E-state index in [1.54, 1.807) is 6.92 Å². The first-order chi connectivity index (χ1) is 19.1. The molecule has 40 heavy (non-hydrogen) atoms. The number of aliphatic carboxylic acids is 1. The van der Waals surface area contributed by atoms with Gasteiger partial charge in [-0.1, -0.05) is 30.6 Å². The van der Waals surface area contributed by atoms with Crippen LogP contribution < -0.4 is 5.32 Å². The number of carboxylic acids is 1. The van der Waals surface area contributed by atoms with Gasteiger partial charge in [0.05, 0.1) is 40.6 Å². The molecule has 0 unspecified atom stereocenters. The summed E-state index contributed by atoms with van der Waals surface area (Å²) >= 11 is 0. The number of carboxylic acid groups (broad SMARTS) is 1. The molecule has 0 saturated carbocycles. The minimum absolute atomic E-state index is 0.0284. The maximum absolute atomic E-state index is 13.9. The summed E-state index contributed by atoms with van der Waals surface area (Å²) in [4.78, 5) is 40.0. The molecule has 1 saturated heterocycles. The summed E-state index contributed by atoms with van der Waals surface area (Å²) in [7, 11) is 1.34. The molecule has 0 radical (unpaired) electrons. The molecule has 10 heteroatoms. The van der Waals surface area contributed by atoms with E-state index in [9.17, 15) is 34.8 Å². The second-order valence-corrected chi connectivity index (χ2v) is 10.1. The highest BCUT2D eigenvalue weighted by molar-refractivity contribution is 6.33. The van der Waals surface area contributed by atoms with Crippen molar-refractivity contribution in [1.29, 1.82) is 0 Å². The van der Waals surface area contributed by atoms with Crippen LogP contribution in [0.2, 0.25) is 0 Å². The highest BCUT2D eigenvalue weighted by atomic mass is 16.6. The van der Waals surface area contributed by atoms with E-state index in [4.69, 9.17) is 9.47 Å². The monoisotopic (exact) mass is 537 g/mol. The molecule has 2 aliphatic heterocycles. The molecule has 7 rings (SSSR count). The van der Waals surface area contributed by atoms with Gasteiger partial charge in [0, 0.05) is 11.5 Å². The van der Waals surface area contributed by atoms with Crippen molar-refractivity contribution in [2.45, 2.75) is 24.2 Å². The predicted molar refractivity (Wildman–Crippen MR) is 137 cm³/mol. The number of carbonyl (C=O) groups excluding carboxylic acids is 2.